The van der Waals surface area contributed by atoms with Crippen LogP contribution in [0.1, 0.15) is 11.1 Å². The molecule has 1 heterocycles. The Bertz CT molecular complexity index is 1120. The highest BCUT2D eigenvalue weighted by atomic mass is 16.5. The van der Waals surface area contributed by atoms with E-state index in [1.165, 1.54) is 5.56 Å². The highest BCUT2D eigenvalue weighted by Crippen LogP contribution is 2.25. The monoisotopic (exact) mass is 368 g/mol. The Morgan fingerprint density at radius 2 is 1.64 bits per heavy atom. The third-order valence-corrected chi connectivity index (χ3v) is 4.41. The Morgan fingerprint density at radius 3 is 2.39 bits per heavy atom. The molecule has 0 spiro atoms. The van der Waals surface area contributed by atoms with Crippen molar-refractivity contribution >= 4 is 22.9 Å². The van der Waals surface area contributed by atoms with Crippen molar-refractivity contribution in [2.24, 2.45) is 5.10 Å². The number of para-hydroxylation sites is 1. The molecule has 0 saturated carbocycles. The molecule has 1 N–H and O–H groups in total. The number of benzene rings is 3. The fourth-order valence-corrected chi connectivity index (χ4v) is 2.85. The predicted molar refractivity (Wildman–Crippen MR) is 114 cm³/mol. The number of anilines is 1. The molecule has 0 amide bonds. The second-order valence-electron chi connectivity index (χ2n) is 6.42. The second kappa shape index (κ2) is 7.88. The lowest BCUT2D eigenvalue weighted by Gasteiger charge is -2.08. The van der Waals surface area contributed by atoms with Gasteiger partial charge in [-0.25, -0.2) is 9.97 Å². The molecule has 3 aromatic carbocycles. The Morgan fingerprint density at radius 1 is 0.893 bits per heavy atom. The predicted octanol–water partition coefficient (Wildman–Crippen LogP) is 5.06. The zero-order chi connectivity index (χ0) is 19.3. The van der Waals surface area contributed by atoms with Gasteiger partial charge in [0.2, 0.25) is 0 Å². The maximum Gasteiger partial charge on any atom is 0.162 e. The summed E-state index contributed by atoms with van der Waals surface area (Å²) in [5, 5.41) is 5.28. The van der Waals surface area contributed by atoms with Crippen LogP contribution in [0.2, 0.25) is 0 Å². The Hall–Kier alpha value is -3.73. The summed E-state index contributed by atoms with van der Waals surface area (Å²) in [4.78, 5) is 9.41. The summed E-state index contributed by atoms with van der Waals surface area (Å²) in [6.07, 6.45) is 1.75. The fraction of sp³-hybridized carbons (Fsp3) is 0.0870. The lowest BCUT2D eigenvalue weighted by molar-refractivity contribution is 0.415. The summed E-state index contributed by atoms with van der Waals surface area (Å²) >= 11 is 0. The first-order chi connectivity index (χ1) is 13.7. The normalized spacial score (nSPS) is 11.1. The van der Waals surface area contributed by atoms with Crippen molar-refractivity contribution in [2.45, 2.75) is 6.92 Å². The fourth-order valence-electron chi connectivity index (χ4n) is 2.85. The third-order valence-electron chi connectivity index (χ3n) is 4.41. The van der Waals surface area contributed by atoms with E-state index in [2.05, 4.69) is 29.6 Å². The molecular formula is C23H20N4O. The van der Waals surface area contributed by atoms with Crippen LogP contribution < -0.4 is 10.2 Å². The van der Waals surface area contributed by atoms with E-state index in [9.17, 15) is 0 Å². The molecule has 0 aliphatic rings. The Kier molecular flexibility index (Phi) is 4.97. The van der Waals surface area contributed by atoms with E-state index in [-0.39, 0.29) is 0 Å². The minimum absolute atomic E-state index is 0.667. The summed E-state index contributed by atoms with van der Waals surface area (Å²) in [6, 6.07) is 23.8. The lowest BCUT2D eigenvalue weighted by Crippen LogP contribution is -1.99. The molecule has 0 aliphatic heterocycles. The number of hydrazone groups is 1. The molecule has 138 valence electrons. The molecule has 0 unspecified atom stereocenters. The second-order valence-corrected chi connectivity index (χ2v) is 6.42. The number of hydrogen-bond donors (Lipinski definition) is 1. The number of rotatable bonds is 5. The Labute approximate surface area is 163 Å². The van der Waals surface area contributed by atoms with E-state index in [0.29, 0.717) is 11.6 Å². The average Bonchev–Trinajstić information content (AvgIpc) is 2.74. The minimum atomic E-state index is 0.667. The smallest absolute Gasteiger partial charge is 0.162 e. The van der Waals surface area contributed by atoms with Crippen LogP contribution in [0.15, 0.2) is 77.9 Å². The number of methoxy groups -OCH3 is 1. The molecule has 4 aromatic rings. The van der Waals surface area contributed by atoms with Crippen molar-refractivity contribution in [1.29, 1.82) is 0 Å². The molecule has 28 heavy (non-hydrogen) atoms. The van der Waals surface area contributed by atoms with E-state index >= 15 is 0 Å². The zero-order valence-electron chi connectivity index (χ0n) is 15.8. The summed E-state index contributed by atoms with van der Waals surface area (Å²) < 4.78 is 5.18. The largest absolute Gasteiger partial charge is 0.497 e. The number of aryl methyl sites for hydroxylation is 1. The zero-order valence-corrected chi connectivity index (χ0v) is 15.8. The van der Waals surface area contributed by atoms with Crippen molar-refractivity contribution < 1.29 is 4.74 Å². The number of nitrogens with one attached hydrogen (secondary N) is 1. The van der Waals surface area contributed by atoms with Gasteiger partial charge in [0.05, 0.1) is 18.8 Å². The van der Waals surface area contributed by atoms with Crippen LogP contribution in [0.4, 0.5) is 5.82 Å². The summed E-state index contributed by atoms with van der Waals surface area (Å²) in [6.45, 7) is 2.06. The summed E-state index contributed by atoms with van der Waals surface area (Å²) in [7, 11) is 1.65. The molecule has 1 aromatic heterocycles. The van der Waals surface area contributed by atoms with Crippen LogP contribution in [0, 0.1) is 6.92 Å². The van der Waals surface area contributed by atoms with Crippen LogP contribution in [0.3, 0.4) is 0 Å². The van der Waals surface area contributed by atoms with E-state index in [1.807, 2.05) is 60.7 Å². The van der Waals surface area contributed by atoms with Crippen LogP contribution in [-0.4, -0.2) is 23.3 Å². The number of aromatic nitrogens is 2. The van der Waals surface area contributed by atoms with Gasteiger partial charge < -0.3 is 4.74 Å². The maximum absolute atomic E-state index is 5.18. The first-order valence-corrected chi connectivity index (χ1v) is 9.00. The van der Waals surface area contributed by atoms with Crippen molar-refractivity contribution in [2.75, 3.05) is 12.5 Å². The van der Waals surface area contributed by atoms with Crippen LogP contribution in [-0.2, 0) is 0 Å². The average molecular weight is 368 g/mol. The Balaban J connectivity index is 1.66. The van der Waals surface area contributed by atoms with Crippen molar-refractivity contribution in [3.63, 3.8) is 0 Å². The molecule has 0 radical (unpaired) electrons. The van der Waals surface area contributed by atoms with Gasteiger partial charge in [0.1, 0.15) is 5.75 Å². The van der Waals surface area contributed by atoms with Gasteiger partial charge in [-0.15, -0.1) is 0 Å². The summed E-state index contributed by atoms with van der Waals surface area (Å²) in [5.41, 5.74) is 7.08. The van der Waals surface area contributed by atoms with Crippen LogP contribution in [0.5, 0.6) is 5.75 Å². The van der Waals surface area contributed by atoms with E-state index < -0.39 is 0 Å². The first-order valence-electron chi connectivity index (χ1n) is 9.00. The minimum Gasteiger partial charge on any atom is -0.497 e. The number of fused-ring (bicyclic) bond motifs is 1. The van der Waals surface area contributed by atoms with Gasteiger partial charge in [-0.3, -0.25) is 5.43 Å². The first kappa shape index (κ1) is 17.7. The van der Waals surface area contributed by atoms with Crippen molar-refractivity contribution in [3.8, 4) is 17.1 Å². The highest BCUT2D eigenvalue weighted by Gasteiger charge is 2.08. The SMILES string of the molecule is COc1ccc(/C=N\Nc2nc(-c3ccc(C)cc3)nc3ccccc23)cc1. The molecular weight excluding hydrogens is 348 g/mol. The highest BCUT2D eigenvalue weighted by molar-refractivity contribution is 5.91. The quantitative estimate of drug-likeness (QED) is 0.395. The van der Waals surface area contributed by atoms with Gasteiger partial charge in [0.25, 0.3) is 0 Å². The van der Waals surface area contributed by atoms with E-state index in [4.69, 9.17) is 14.7 Å². The summed E-state index contributed by atoms with van der Waals surface area (Å²) in [5.74, 6) is 2.15. The molecule has 4 rings (SSSR count). The van der Waals surface area contributed by atoms with Gasteiger partial charge in [-0.2, -0.15) is 5.10 Å². The number of hydrogen-bond acceptors (Lipinski definition) is 5. The van der Waals surface area contributed by atoms with Gasteiger partial charge >= 0.3 is 0 Å². The van der Waals surface area contributed by atoms with Crippen molar-refractivity contribution in [1.82, 2.24) is 9.97 Å². The van der Waals surface area contributed by atoms with Gasteiger partial charge in [0, 0.05) is 10.9 Å². The van der Waals surface area contributed by atoms with Gasteiger partial charge in [-0.1, -0.05) is 42.0 Å². The molecule has 0 saturated heterocycles. The molecule has 0 bridgehead atoms. The van der Waals surface area contributed by atoms with Crippen LogP contribution >= 0.6 is 0 Å². The van der Waals surface area contributed by atoms with E-state index in [1.54, 1.807) is 13.3 Å². The molecule has 0 fully saturated rings. The topological polar surface area (TPSA) is 59.4 Å². The molecule has 5 nitrogen and oxygen atoms in total. The van der Waals surface area contributed by atoms with Crippen molar-refractivity contribution in [3.05, 3.63) is 83.9 Å². The maximum atomic E-state index is 5.18. The van der Waals surface area contributed by atoms with E-state index in [0.717, 1.165) is 27.8 Å². The molecule has 0 aliphatic carbocycles. The van der Waals surface area contributed by atoms with Crippen LogP contribution in [0.25, 0.3) is 22.3 Å². The third kappa shape index (κ3) is 3.83. The number of nitrogens with zero attached hydrogens (tertiary/aromatic N) is 3. The molecule has 0 atom stereocenters. The number of ether oxygens (including phenoxy) is 1. The molecule has 5 heteroatoms. The lowest BCUT2D eigenvalue weighted by atomic mass is 10.1. The van der Waals surface area contributed by atoms with Gasteiger partial charge in [0.15, 0.2) is 11.6 Å². The van der Waals surface area contributed by atoms with Gasteiger partial charge in [-0.05, 0) is 48.9 Å². The standard InChI is InChI=1S/C23H20N4O/c1-16-7-11-18(12-8-16)22-25-21-6-4-3-5-20(21)23(26-22)27-24-15-17-9-13-19(28-2)14-10-17/h3-15H,1-2H3,(H,25,26,27)/b24-15-.